The van der Waals surface area contributed by atoms with Crippen molar-refractivity contribution in [3.63, 3.8) is 0 Å². The number of hydrogen-bond donors (Lipinski definition) is 0. The molecule has 0 N–H and O–H groups in total. The first-order chi connectivity index (χ1) is 58.9. The van der Waals surface area contributed by atoms with E-state index >= 15 is 0 Å². The van der Waals surface area contributed by atoms with E-state index in [0.29, 0.717) is 22.0 Å². The first-order valence-corrected chi connectivity index (χ1v) is 29.2. The number of nitrogens with zero attached hydrogens (tertiary/aromatic N) is 4. The van der Waals surface area contributed by atoms with Crippen LogP contribution in [0.5, 0.6) is 11.5 Å². The van der Waals surface area contributed by atoms with Crippen LogP contribution in [0, 0.1) is 25.3 Å². The second kappa shape index (κ2) is 22.6. The third kappa shape index (κ3) is 9.73. The maximum absolute atomic E-state index is 11.0. The standard InChI is InChI=1S/C80H68N4OSi.Pt/c1-55-48-77(81-53-70(55)56-24-15-16-25-56)84-73-39-18-17-36-68(73)69-44-43-61(52-76(69)84)85-60-28-22-27-59(51-60)82-54-83(75-41-20-19-40-74(75)82)78-66(37-23-38-67(78)58-42-45-71-72(50-58)80(4,5)47-46-79(71,2)3)57-26-21-35-65(49-57)86(62-29-9-6-10-30-62,63-31-11-7-12-32-63)64-33-13-8-14-34-64;/h6-14,17-23,26-45,48-50,53,56H,15-16,24-25,46-47H2,1-5H3;/q-2;/i1D3,2D3,3D3,4D3,5D3,6D,7D,8D,9D,10D,11D,12D,13D,14D,21D,26D,29D,30D,31D,32D,33D,34D,35D,42D,45D,46D2,47D2,49D,50D;. The number of benzene rings is 10. The molecule has 430 valence electrons. The molecule has 1 fully saturated rings. The van der Waals surface area contributed by atoms with Gasteiger partial charge >= 0.3 is 0 Å². The molecular weight excluding hydrogens is 1260 g/mol. The molecule has 0 unspecified atom stereocenters. The van der Waals surface area contributed by atoms with Crippen LogP contribution < -0.4 is 30.1 Å². The Morgan fingerprint density at radius 3 is 1.94 bits per heavy atom. The molecule has 1 saturated carbocycles. The van der Waals surface area contributed by atoms with Crippen molar-refractivity contribution in [2.45, 2.75) is 89.4 Å². The molecule has 5 nitrogen and oxygen atoms in total. The Morgan fingerprint density at radius 1 is 0.609 bits per heavy atom. The quantitative estimate of drug-likeness (QED) is 0.0529. The van der Waals surface area contributed by atoms with Crippen LogP contribution in [0.3, 0.4) is 0 Å². The average molecular weight is 1370 g/mol. The van der Waals surface area contributed by atoms with Gasteiger partial charge in [-0.15, -0.1) is 29.7 Å². The zero-order chi connectivity index (χ0) is 93.4. The predicted molar refractivity (Wildman–Crippen MR) is 356 cm³/mol. The number of aromatic nitrogens is 4. The van der Waals surface area contributed by atoms with Gasteiger partial charge in [-0.2, -0.15) is 18.2 Å². The van der Waals surface area contributed by atoms with Gasteiger partial charge in [0.1, 0.15) is 5.82 Å². The number of fused-ring (bicyclic) bond motifs is 5. The van der Waals surface area contributed by atoms with Crippen LogP contribution in [-0.2, 0) is 31.9 Å². The summed E-state index contributed by atoms with van der Waals surface area (Å²) in [5.41, 5.74) is -16.4. The summed E-state index contributed by atoms with van der Waals surface area (Å²) in [5, 5.41) is -3.71. The molecule has 0 radical (unpaired) electrons. The predicted octanol–water partition coefficient (Wildman–Crippen LogP) is 16.6. The van der Waals surface area contributed by atoms with Crippen LogP contribution in [0.1, 0.15) is 150 Å². The van der Waals surface area contributed by atoms with E-state index in [4.69, 9.17) is 26.2 Å². The summed E-state index contributed by atoms with van der Waals surface area (Å²) in [6.45, 7) is -20.8. The van der Waals surface area contributed by atoms with Crippen LogP contribution in [0.2, 0.25) is 0 Å². The summed E-state index contributed by atoms with van der Waals surface area (Å²) in [7, 11) is -6.73. The van der Waals surface area contributed by atoms with Crippen LogP contribution >= 0.6 is 0 Å². The molecule has 2 aliphatic rings. The van der Waals surface area contributed by atoms with Crippen molar-refractivity contribution >= 4 is 61.7 Å². The zero-order valence-corrected chi connectivity index (χ0v) is 48.6. The van der Waals surface area contributed by atoms with E-state index in [1.165, 1.54) is 47.0 Å². The summed E-state index contributed by atoms with van der Waals surface area (Å²) in [6, 6.07) is 1.52. The monoisotopic (exact) mass is 1360 g/mol. The summed E-state index contributed by atoms with van der Waals surface area (Å²) < 4.78 is 398. The summed E-state index contributed by atoms with van der Waals surface area (Å²) in [5.74, 6) is 0.221. The van der Waals surface area contributed by atoms with Gasteiger partial charge in [0.15, 0.2) is 8.07 Å². The molecule has 10 aromatic carbocycles. The molecule has 0 amide bonds. The van der Waals surface area contributed by atoms with Crippen molar-refractivity contribution in [2.24, 2.45) is 0 Å². The average Bonchev–Trinajstić information content (AvgIpc) is 0.655. The van der Waals surface area contributed by atoms with Crippen LogP contribution in [-0.4, -0.2) is 22.2 Å². The Kier molecular flexibility index (Phi) is 6.93. The number of hydrogen-bond acceptors (Lipinski definition) is 2. The molecule has 7 heteroatoms. The fraction of sp³-hybridized carbons (Fsp3) is 0.175. The molecule has 13 aromatic rings. The molecule has 0 saturated heterocycles. The van der Waals surface area contributed by atoms with Gasteiger partial charge in [0.25, 0.3) is 6.33 Å². The second-order valence-corrected chi connectivity index (χ2v) is 24.3. The molecule has 2 aliphatic carbocycles. The number of ether oxygens (including phenoxy) is 1. The molecule has 15 rings (SSSR count). The minimum absolute atomic E-state index is 0. The third-order valence-corrected chi connectivity index (χ3v) is 19.7. The van der Waals surface area contributed by atoms with E-state index in [1.807, 2.05) is 18.2 Å². The molecule has 0 atom stereocenters. The van der Waals surface area contributed by atoms with E-state index in [0.717, 1.165) is 53.8 Å². The molecule has 0 bridgehead atoms. The number of rotatable bonds is 12. The Labute approximate surface area is 584 Å². The molecule has 87 heavy (non-hydrogen) atoms. The van der Waals surface area contributed by atoms with Gasteiger partial charge in [-0.1, -0.05) is 239 Å². The number of pyridine rings is 1. The number of para-hydroxylation sites is 4. The van der Waals surface area contributed by atoms with Crippen molar-refractivity contribution in [1.82, 2.24) is 14.1 Å². The smallest absolute Gasteiger partial charge is 0.268 e. The van der Waals surface area contributed by atoms with Gasteiger partial charge in [-0.05, 0) is 138 Å². The molecule has 3 aromatic heterocycles. The minimum Gasteiger partial charge on any atom is -0.510 e. The van der Waals surface area contributed by atoms with Crippen LogP contribution in [0.15, 0.2) is 242 Å². The summed E-state index contributed by atoms with van der Waals surface area (Å²) >= 11 is 0. The first-order valence-electron chi connectivity index (χ1n) is 47.7. The fourth-order valence-corrected chi connectivity index (χ4v) is 15.4. The van der Waals surface area contributed by atoms with Crippen molar-refractivity contribution in [1.29, 1.82) is 0 Å². The van der Waals surface area contributed by atoms with E-state index in [1.54, 1.807) is 35.0 Å². The van der Waals surface area contributed by atoms with Crippen LogP contribution in [0.4, 0.5) is 0 Å². The van der Waals surface area contributed by atoms with E-state index in [-0.39, 0.29) is 66.6 Å². The van der Waals surface area contributed by atoms with E-state index < -0.39 is 259 Å². The Bertz CT molecular complexity index is 6590. The Hall–Kier alpha value is -8.67. The number of imidazole rings is 1. The first kappa shape index (κ1) is 26.7. The van der Waals surface area contributed by atoms with E-state index in [2.05, 4.69) is 18.5 Å². The third-order valence-electron chi connectivity index (χ3n) is 15.7. The van der Waals surface area contributed by atoms with Crippen LogP contribution in [0.25, 0.3) is 72.3 Å². The van der Waals surface area contributed by atoms with Crippen molar-refractivity contribution in [3.05, 3.63) is 283 Å². The van der Waals surface area contributed by atoms with Gasteiger partial charge in [0, 0.05) is 70.3 Å². The SMILES string of the molecule is [2H]c1c([2H])c([2H])c([Si](c2c([2H])c([2H])c([2H])c([2H])c2[2H])(c2c([2H])c([2H])c([2H])c([2H])c2[2H])c2c([2H])c([2H])c([2H])c(-c3cccc(-c4c([2H])c([2H])c5c(c4[2H])C(C([2H])([2H])[2H])(C([2H])([2H])[2H])C([2H])([2H])C([2H])([2H])C5(C([2H])([2H])[2H])C([2H])([2H])[2H])c3-[n+]3[c-]n(-c4[c-]c(Oc5[c-]c6c(cc5)c5ccccc5n6-c5cc(C([2H])([2H])[2H])c(C6CCCC6)cn5)ccc4)c4ccccc43)c2[2H])c([2H])c1[2H].[Pt]. The Morgan fingerprint density at radius 2 is 1.24 bits per heavy atom. The van der Waals surface area contributed by atoms with E-state index in [9.17, 15) is 39.8 Å². The number of aryl methyl sites for hydroxylation is 1. The van der Waals surface area contributed by atoms with Gasteiger partial charge in [0.2, 0.25) is 0 Å². The maximum atomic E-state index is 11.0. The normalized spacial score (nSPS) is 23.4. The van der Waals surface area contributed by atoms with Gasteiger partial charge in [0.05, 0.1) is 46.9 Å². The topological polar surface area (TPSA) is 35.9 Å². The summed E-state index contributed by atoms with van der Waals surface area (Å²) in [4.78, 5) is 4.87. The molecule has 0 aliphatic heterocycles. The van der Waals surface area contributed by atoms with Crippen molar-refractivity contribution in [2.75, 3.05) is 0 Å². The molecule has 3 heterocycles. The fourth-order valence-electron chi connectivity index (χ4n) is 11.8. The van der Waals surface area contributed by atoms with Crippen molar-refractivity contribution in [3.8, 4) is 50.9 Å². The Balaban J connectivity index is 0.0000133. The largest absolute Gasteiger partial charge is 0.510 e. The zero-order valence-electron chi connectivity index (χ0n) is 86.3. The van der Waals surface area contributed by atoms with Gasteiger partial charge < -0.3 is 13.9 Å². The van der Waals surface area contributed by atoms with Crippen molar-refractivity contribution < 1.29 is 86.6 Å². The van der Waals surface area contributed by atoms with Gasteiger partial charge in [-0.25, -0.2) is 4.98 Å². The second-order valence-electron chi connectivity index (χ2n) is 20.8. The summed E-state index contributed by atoms with van der Waals surface area (Å²) in [6.07, 6.45) is -1.51. The molecular formula is C80H68N4OPtSi-2. The molecule has 0 spiro atoms. The van der Waals surface area contributed by atoms with Gasteiger partial charge in [-0.3, -0.25) is 4.57 Å². The minimum atomic E-state index is -6.73. The maximum Gasteiger partial charge on any atom is 0.268 e.